The Hall–Kier alpha value is -3.02. The van der Waals surface area contributed by atoms with Gasteiger partial charge in [-0.2, -0.15) is 0 Å². The number of aromatic amines is 1. The van der Waals surface area contributed by atoms with Gasteiger partial charge in [-0.15, -0.1) is 0 Å². The number of H-pyrrole nitrogens is 1. The predicted molar refractivity (Wildman–Crippen MR) is 91.2 cm³/mol. The van der Waals surface area contributed by atoms with Crippen LogP contribution in [0, 0.1) is 0 Å². The molecule has 6 heteroatoms. The van der Waals surface area contributed by atoms with E-state index in [0.717, 1.165) is 22.2 Å². The molecule has 0 fully saturated rings. The van der Waals surface area contributed by atoms with E-state index in [1.165, 1.54) is 0 Å². The van der Waals surface area contributed by atoms with Crippen molar-refractivity contribution < 1.29 is 14.3 Å². The maximum absolute atomic E-state index is 12.2. The largest absolute Gasteiger partial charge is 0.493 e. The molecule has 0 spiro atoms. The first-order chi connectivity index (χ1) is 11.7. The molecule has 6 nitrogen and oxygen atoms in total. The molecule has 0 saturated carbocycles. The Balaban J connectivity index is 1.61. The van der Waals surface area contributed by atoms with Crippen molar-refractivity contribution in [1.82, 2.24) is 15.3 Å². The maximum atomic E-state index is 12.2. The number of rotatable bonds is 6. The van der Waals surface area contributed by atoms with Gasteiger partial charge < -0.3 is 19.8 Å². The van der Waals surface area contributed by atoms with Gasteiger partial charge >= 0.3 is 0 Å². The molecule has 1 amide bonds. The first-order valence-corrected chi connectivity index (χ1v) is 7.59. The average Bonchev–Trinajstić information content (AvgIpc) is 3.07. The number of amides is 1. The normalized spacial score (nSPS) is 10.6. The molecule has 3 rings (SSSR count). The first kappa shape index (κ1) is 15.9. The van der Waals surface area contributed by atoms with E-state index in [-0.39, 0.29) is 12.3 Å². The van der Waals surface area contributed by atoms with E-state index in [0.29, 0.717) is 18.0 Å². The highest BCUT2D eigenvalue weighted by Gasteiger charge is 2.08. The summed E-state index contributed by atoms with van der Waals surface area (Å²) < 4.78 is 10.5. The van der Waals surface area contributed by atoms with Gasteiger partial charge in [-0.3, -0.25) is 4.79 Å². The summed E-state index contributed by atoms with van der Waals surface area (Å²) in [5.41, 5.74) is 3.76. The van der Waals surface area contributed by atoms with E-state index < -0.39 is 0 Å². The average molecular weight is 325 g/mol. The van der Waals surface area contributed by atoms with E-state index in [4.69, 9.17) is 9.47 Å². The molecule has 124 valence electrons. The van der Waals surface area contributed by atoms with Crippen LogP contribution >= 0.6 is 0 Å². The second kappa shape index (κ2) is 7.04. The summed E-state index contributed by atoms with van der Waals surface area (Å²) >= 11 is 0. The van der Waals surface area contributed by atoms with Gasteiger partial charge in [0, 0.05) is 6.54 Å². The molecule has 24 heavy (non-hydrogen) atoms. The molecule has 0 unspecified atom stereocenters. The summed E-state index contributed by atoms with van der Waals surface area (Å²) in [4.78, 5) is 19.4. The monoisotopic (exact) mass is 325 g/mol. The van der Waals surface area contributed by atoms with E-state index >= 15 is 0 Å². The van der Waals surface area contributed by atoms with Crippen molar-refractivity contribution in [2.75, 3.05) is 14.2 Å². The van der Waals surface area contributed by atoms with Crippen LogP contribution in [0.3, 0.4) is 0 Å². The van der Waals surface area contributed by atoms with Crippen molar-refractivity contribution in [2.24, 2.45) is 0 Å². The Morgan fingerprint density at radius 2 is 1.88 bits per heavy atom. The molecule has 0 aliphatic rings. The van der Waals surface area contributed by atoms with Crippen LogP contribution < -0.4 is 14.8 Å². The Morgan fingerprint density at radius 1 is 1.08 bits per heavy atom. The lowest BCUT2D eigenvalue weighted by molar-refractivity contribution is -0.120. The van der Waals surface area contributed by atoms with Gasteiger partial charge in [0.25, 0.3) is 0 Å². The maximum Gasteiger partial charge on any atom is 0.224 e. The van der Waals surface area contributed by atoms with Crippen LogP contribution in [-0.4, -0.2) is 30.1 Å². The van der Waals surface area contributed by atoms with Crippen molar-refractivity contribution in [2.45, 2.75) is 13.0 Å². The first-order valence-electron chi connectivity index (χ1n) is 7.59. The number of nitrogens with zero attached hydrogens (tertiary/aromatic N) is 1. The minimum atomic E-state index is -0.0491. The second-order valence-corrected chi connectivity index (χ2v) is 5.40. The molecular formula is C18H19N3O3. The summed E-state index contributed by atoms with van der Waals surface area (Å²) in [5.74, 6) is 1.22. The zero-order chi connectivity index (χ0) is 16.9. The van der Waals surface area contributed by atoms with Crippen LogP contribution in [0.25, 0.3) is 11.0 Å². The predicted octanol–water partition coefficient (Wildman–Crippen LogP) is 2.44. The Kier molecular flexibility index (Phi) is 4.65. The van der Waals surface area contributed by atoms with Crippen LogP contribution in [-0.2, 0) is 17.8 Å². The fraction of sp³-hybridized carbons (Fsp3) is 0.222. The molecule has 0 radical (unpaired) electrons. The summed E-state index contributed by atoms with van der Waals surface area (Å²) in [6.45, 7) is 0.473. The highest BCUT2D eigenvalue weighted by Crippen LogP contribution is 2.27. The lowest BCUT2D eigenvalue weighted by Crippen LogP contribution is -2.24. The molecule has 1 heterocycles. The minimum absolute atomic E-state index is 0.0491. The van der Waals surface area contributed by atoms with E-state index in [1.54, 1.807) is 26.6 Å². The number of carbonyl (C=O) groups excluding carboxylic acids is 1. The van der Waals surface area contributed by atoms with Gasteiger partial charge in [-0.25, -0.2) is 4.98 Å². The van der Waals surface area contributed by atoms with Crippen molar-refractivity contribution in [1.29, 1.82) is 0 Å². The highest BCUT2D eigenvalue weighted by molar-refractivity contribution is 5.79. The highest BCUT2D eigenvalue weighted by atomic mass is 16.5. The number of imidazole rings is 1. The molecule has 2 aromatic carbocycles. The summed E-state index contributed by atoms with van der Waals surface area (Å²) in [7, 11) is 3.16. The number of benzene rings is 2. The third-order valence-corrected chi connectivity index (χ3v) is 3.79. The van der Waals surface area contributed by atoms with Gasteiger partial charge in [0.15, 0.2) is 11.5 Å². The lowest BCUT2D eigenvalue weighted by Gasteiger charge is -2.10. The van der Waals surface area contributed by atoms with Crippen LogP contribution in [0.4, 0.5) is 0 Å². The SMILES string of the molecule is COc1ccc(CC(=O)NCc2ccc3nc[nH]c3c2)cc1OC. The number of hydrogen-bond acceptors (Lipinski definition) is 4. The van der Waals surface area contributed by atoms with Gasteiger partial charge in [-0.1, -0.05) is 12.1 Å². The Labute approximate surface area is 139 Å². The lowest BCUT2D eigenvalue weighted by atomic mass is 10.1. The minimum Gasteiger partial charge on any atom is -0.493 e. The molecule has 1 aromatic heterocycles. The number of nitrogens with one attached hydrogen (secondary N) is 2. The zero-order valence-corrected chi connectivity index (χ0v) is 13.6. The molecule has 2 N–H and O–H groups in total. The molecular weight excluding hydrogens is 306 g/mol. The quantitative estimate of drug-likeness (QED) is 0.730. The van der Waals surface area contributed by atoms with Gasteiger partial charge in [0.05, 0.1) is 38.0 Å². The molecule has 0 saturated heterocycles. The van der Waals surface area contributed by atoms with Crippen molar-refractivity contribution in [3.63, 3.8) is 0 Å². The Morgan fingerprint density at radius 3 is 2.67 bits per heavy atom. The molecule has 0 bridgehead atoms. The molecule has 0 atom stereocenters. The smallest absolute Gasteiger partial charge is 0.224 e. The van der Waals surface area contributed by atoms with Crippen LogP contribution in [0.5, 0.6) is 11.5 Å². The third kappa shape index (κ3) is 3.48. The summed E-state index contributed by atoms with van der Waals surface area (Å²) in [5, 5.41) is 2.93. The summed E-state index contributed by atoms with van der Waals surface area (Å²) in [6.07, 6.45) is 1.94. The van der Waals surface area contributed by atoms with Gasteiger partial charge in [-0.05, 0) is 35.4 Å². The fourth-order valence-corrected chi connectivity index (χ4v) is 2.53. The van der Waals surface area contributed by atoms with Crippen molar-refractivity contribution in [3.05, 3.63) is 53.9 Å². The van der Waals surface area contributed by atoms with E-state index in [9.17, 15) is 4.79 Å². The van der Waals surface area contributed by atoms with Crippen LogP contribution in [0.15, 0.2) is 42.7 Å². The van der Waals surface area contributed by atoms with Gasteiger partial charge in [0.2, 0.25) is 5.91 Å². The van der Waals surface area contributed by atoms with Gasteiger partial charge in [0.1, 0.15) is 0 Å². The number of ether oxygens (including phenoxy) is 2. The molecule has 0 aliphatic carbocycles. The standard InChI is InChI=1S/C18H19N3O3/c1-23-16-6-4-12(8-17(16)24-2)9-18(22)19-10-13-3-5-14-15(7-13)21-11-20-14/h3-8,11H,9-10H2,1-2H3,(H,19,22)(H,20,21). The van der Waals surface area contributed by atoms with Crippen molar-refractivity contribution >= 4 is 16.9 Å². The Bertz CT molecular complexity index is 858. The molecule has 0 aliphatic heterocycles. The number of fused-ring (bicyclic) bond motifs is 1. The van der Waals surface area contributed by atoms with E-state index in [2.05, 4.69) is 15.3 Å². The van der Waals surface area contributed by atoms with Crippen molar-refractivity contribution in [3.8, 4) is 11.5 Å². The number of aromatic nitrogens is 2. The van der Waals surface area contributed by atoms with Crippen LogP contribution in [0.2, 0.25) is 0 Å². The molecule has 3 aromatic rings. The topological polar surface area (TPSA) is 76.2 Å². The number of hydrogen-bond donors (Lipinski definition) is 2. The van der Waals surface area contributed by atoms with Crippen LogP contribution in [0.1, 0.15) is 11.1 Å². The third-order valence-electron chi connectivity index (χ3n) is 3.79. The number of methoxy groups -OCH3 is 2. The fourth-order valence-electron chi connectivity index (χ4n) is 2.53. The zero-order valence-electron chi connectivity index (χ0n) is 13.6. The van der Waals surface area contributed by atoms with E-state index in [1.807, 2.05) is 30.3 Å². The second-order valence-electron chi connectivity index (χ2n) is 5.40. The summed E-state index contributed by atoms with van der Waals surface area (Å²) in [6, 6.07) is 11.3. The number of carbonyl (C=O) groups is 1.